The normalized spacial score (nSPS) is 15.4. The maximum atomic E-state index is 12.2. The fourth-order valence-electron chi connectivity index (χ4n) is 1.75. The highest BCUT2D eigenvalue weighted by Gasteiger charge is 2.30. The molecule has 1 aromatic carbocycles. The Bertz CT molecular complexity index is 487. The number of sulfonamides is 1. The molecular formula is C14H22BrNO2S. The summed E-state index contributed by atoms with van der Waals surface area (Å²) in [5, 5.41) is 0.533. The molecule has 0 aliphatic rings. The maximum absolute atomic E-state index is 12.2. The number of rotatable bonds is 7. The van der Waals surface area contributed by atoms with Crippen molar-refractivity contribution in [2.75, 3.05) is 11.1 Å². The molecule has 108 valence electrons. The van der Waals surface area contributed by atoms with Gasteiger partial charge >= 0.3 is 0 Å². The van der Waals surface area contributed by atoms with Gasteiger partial charge in [-0.15, -0.1) is 0 Å². The predicted molar refractivity (Wildman–Crippen MR) is 84.0 cm³/mol. The minimum atomic E-state index is -3.27. The second-order valence-electron chi connectivity index (χ2n) is 5.44. The van der Waals surface area contributed by atoms with Gasteiger partial charge in [-0.05, 0) is 24.8 Å². The van der Waals surface area contributed by atoms with Gasteiger partial charge in [0, 0.05) is 5.33 Å². The average Bonchev–Trinajstić information content (AvgIpc) is 2.37. The third-order valence-corrected chi connectivity index (χ3v) is 5.68. The first-order valence-corrected chi connectivity index (χ1v) is 9.19. The van der Waals surface area contributed by atoms with E-state index >= 15 is 0 Å². The lowest BCUT2D eigenvalue weighted by Crippen LogP contribution is -2.45. The van der Waals surface area contributed by atoms with Crippen LogP contribution in [0, 0.1) is 5.92 Å². The van der Waals surface area contributed by atoms with Crippen LogP contribution in [-0.4, -0.2) is 19.5 Å². The molecule has 5 heteroatoms. The van der Waals surface area contributed by atoms with Crippen LogP contribution in [0.5, 0.6) is 0 Å². The molecule has 1 unspecified atom stereocenters. The Morgan fingerprint density at radius 3 is 2.32 bits per heavy atom. The van der Waals surface area contributed by atoms with Gasteiger partial charge in [-0.1, -0.05) is 60.1 Å². The maximum Gasteiger partial charge on any atom is 0.212 e. The molecule has 0 heterocycles. The fraction of sp³-hybridized carbons (Fsp3) is 0.571. The van der Waals surface area contributed by atoms with Crippen molar-refractivity contribution in [3.8, 4) is 0 Å². The molecule has 1 N–H and O–H groups in total. The molecule has 0 aromatic heterocycles. The van der Waals surface area contributed by atoms with Gasteiger partial charge in [0.25, 0.3) is 0 Å². The minimum Gasteiger partial charge on any atom is -0.212 e. The van der Waals surface area contributed by atoms with Crippen LogP contribution in [0.2, 0.25) is 0 Å². The van der Waals surface area contributed by atoms with E-state index in [2.05, 4.69) is 20.7 Å². The van der Waals surface area contributed by atoms with Crippen molar-refractivity contribution < 1.29 is 8.42 Å². The highest BCUT2D eigenvalue weighted by molar-refractivity contribution is 9.09. The molecule has 0 saturated heterocycles. The quantitative estimate of drug-likeness (QED) is 0.769. The third kappa shape index (κ3) is 5.24. The van der Waals surface area contributed by atoms with Crippen LogP contribution in [0.1, 0.15) is 32.8 Å². The summed E-state index contributed by atoms with van der Waals surface area (Å²) in [4.78, 5) is 0. The van der Waals surface area contributed by atoms with Gasteiger partial charge < -0.3 is 0 Å². The summed E-state index contributed by atoms with van der Waals surface area (Å²) in [5.41, 5.74) is 0.344. The minimum absolute atomic E-state index is 0.167. The Hall–Kier alpha value is -0.390. The van der Waals surface area contributed by atoms with Crippen LogP contribution in [0.4, 0.5) is 0 Å². The molecule has 3 nitrogen and oxygen atoms in total. The van der Waals surface area contributed by atoms with E-state index < -0.39 is 15.6 Å². The van der Waals surface area contributed by atoms with E-state index in [-0.39, 0.29) is 5.75 Å². The predicted octanol–water partition coefficient (Wildman–Crippen LogP) is 3.26. The number of nitrogens with one attached hydrogen (secondary N) is 1. The number of hydrogen-bond donors (Lipinski definition) is 1. The van der Waals surface area contributed by atoms with E-state index in [1.54, 1.807) is 0 Å². The Balaban J connectivity index is 2.87. The zero-order valence-corrected chi connectivity index (χ0v) is 14.1. The Morgan fingerprint density at radius 2 is 1.84 bits per heavy atom. The van der Waals surface area contributed by atoms with E-state index in [9.17, 15) is 8.42 Å². The zero-order chi connectivity index (χ0) is 14.5. The summed E-state index contributed by atoms with van der Waals surface area (Å²) in [6.45, 7) is 5.94. The van der Waals surface area contributed by atoms with Crippen molar-refractivity contribution in [2.45, 2.75) is 32.7 Å². The lowest BCUT2D eigenvalue weighted by molar-refractivity contribution is 0.478. The number of halogens is 1. The molecule has 0 amide bonds. The molecular weight excluding hydrogens is 326 g/mol. The van der Waals surface area contributed by atoms with Gasteiger partial charge in [0.1, 0.15) is 0 Å². The summed E-state index contributed by atoms with van der Waals surface area (Å²) in [7, 11) is -3.27. The number of hydrogen-bond acceptors (Lipinski definition) is 2. The summed E-state index contributed by atoms with van der Waals surface area (Å²) in [5.74, 6) is 0.545. The van der Waals surface area contributed by atoms with Crippen molar-refractivity contribution in [1.82, 2.24) is 4.72 Å². The first kappa shape index (κ1) is 16.7. The summed E-state index contributed by atoms with van der Waals surface area (Å²) >= 11 is 3.41. The van der Waals surface area contributed by atoms with E-state index in [1.807, 2.05) is 51.1 Å². The van der Waals surface area contributed by atoms with Crippen molar-refractivity contribution in [3.05, 3.63) is 35.9 Å². The fourth-order valence-corrected chi connectivity index (χ4v) is 4.16. The summed E-state index contributed by atoms with van der Waals surface area (Å²) < 4.78 is 27.1. The zero-order valence-electron chi connectivity index (χ0n) is 11.7. The standard InChI is InChI=1S/C14H22BrNO2S/c1-12(2)9-10-19(17,18)16-14(3,11-15)13-7-5-4-6-8-13/h4-8,12,16H,9-11H2,1-3H3. The van der Waals surface area contributed by atoms with Gasteiger partial charge in [-0.3, -0.25) is 0 Å². The van der Waals surface area contributed by atoms with Crippen LogP contribution in [0.15, 0.2) is 30.3 Å². The summed E-state index contributed by atoms with van der Waals surface area (Å²) in [6, 6.07) is 9.63. The topological polar surface area (TPSA) is 46.2 Å². The van der Waals surface area contributed by atoms with Gasteiger partial charge in [0.15, 0.2) is 0 Å². The molecule has 0 spiro atoms. The van der Waals surface area contributed by atoms with Gasteiger partial charge in [0.2, 0.25) is 10.0 Å². The first-order chi connectivity index (χ1) is 8.79. The molecule has 1 atom stereocenters. The van der Waals surface area contributed by atoms with Crippen molar-refractivity contribution in [1.29, 1.82) is 0 Å². The molecule has 0 fully saturated rings. The molecule has 0 bridgehead atoms. The smallest absolute Gasteiger partial charge is 0.212 e. The lowest BCUT2D eigenvalue weighted by atomic mass is 9.96. The second kappa shape index (κ2) is 6.86. The molecule has 0 radical (unpaired) electrons. The van der Waals surface area contributed by atoms with Crippen LogP contribution < -0.4 is 4.72 Å². The Morgan fingerprint density at radius 1 is 1.26 bits per heavy atom. The highest BCUT2D eigenvalue weighted by Crippen LogP contribution is 2.24. The molecule has 0 aliphatic heterocycles. The van der Waals surface area contributed by atoms with Gasteiger partial charge in [-0.25, -0.2) is 13.1 Å². The van der Waals surface area contributed by atoms with Crippen molar-refractivity contribution >= 4 is 26.0 Å². The number of benzene rings is 1. The molecule has 1 aromatic rings. The Kier molecular flexibility index (Phi) is 6.02. The summed E-state index contributed by atoms with van der Waals surface area (Å²) in [6.07, 6.45) is 0.669. The lowest BCUT2D eigenvalue weighted by Gasteiger charge is -2.29. The third-order valence-electron chi connectivity index (χ3n) is 3.02. The first-order valence-electron chi connectivity index (χ1n) is 6.42. The largest absolute Gasteiger partial charge is 0.212 e. The monoisotopic (exact) mass is 347 g/mol. The average molecular weight is 348 g/mol. The van der Waals surface area contributed by atoms with Crippen LogP contribution >= 0.6 is 15.9 Å². The highest BCUT2D eigenvalue weighted by atomic mass is 79.9. The second-order valence-corrected chi connectivity index (χ2v) is 7.84. The van der Waals surface area contributed by atoms with Crippen molar-refractivity contribution in [3.63, 3.8) is 0 Å². The molecule has 19 heavy (non-hydrogen) atoms. The van der Waals surface area contributed by atoms with Gasteiger partial charge in [-0.2, -0.15) is 0 Å². The van der Waals surface area contributed by atoms with Crippen LogP contribution in [0.25, 0.3) is 0 Å². The number of alkyl halides is 1. The van der Waals surface area contributed by atoms with E-state index in [1.165, 1.54) is 0 Å². The molecule has 0 aliphatic carbocycles. The molecule has 0 saturated carbocycles. The van der Waals surface area contributed by atoms with Crippen molar-refractivity contribution in [2.24, 2.45) is 5.92 Å². The van der Waals surface area contributed by atoms with E-state index in [0.29, 0.717) is 17.7 Å². The Labute approximate surface area is 125 Å². The van der Waals surface area contributed by atoms with Gasteiger partial charge in [0.05, 0.1) is 11.3 Å². The van der Waals surface area contributed by atoms with E-state index in [4.69, 9.17) is 0 Å². The van der Waals surface area contributed by atoms with Crippen LogP contribution in [-0.2, 0) is 15.6 Å². The van der Waals surface area contributed by atoms with E-state index in [0.717, 1.165) is 5.56 Å². The van der Waals surface area contributed by atoms with Crippen LogP contribution in [0.3, 0.4) is 0 Å². The SMILES string of the molecule is CC(C)CCS(=O)(=O)NC(C)(CBr)c1ccccc1. The molecule has 1 rings (SSSR count).